The highest BCUT2D eigenvalue weighted by Gasteiger charge is 2.22. The van der Waals surface area contributed by atoms with Crippen molar-refractivity contribution in [2.75, 3.05) is 7.11 Å². The zero-order valence-electron chi connectivity index (χ0n) is 10.2. The predicted molar refractivity (Wildman–Crippen MR) is 69.2 cm³/mol. The largest absolute Gasteiger partial charge is 0.464 e. The number of esters is 1. The summed E-state index contributed by atoms with van der Waals surface area (Å²) in [5.74, 6) is -1.23. The molecule has 0 aliphatic carbocycles. The smallest absolute Gasteiger partial charge is 0.356 e. The van der Waals surface area contributed by atoms with E-state index in [0.717, 1.165) is 11.3 Å². The lowest BCUT2D eigenvalue weighted by Crippen LogP contribution is -2.12. The normalized spacial score (nSPS) is 10.4. The van der Waals surface area contributed by atoms with Gasteiger partial charge < -0.3 is 10.5 Å². The fraction of sp³-hybridized carbons (Fsp3) is 0.182. The molecular weight excluding hydrogens is 270 g/mol. The summed E-state index contributed by atoms with van der Waals surface area (Å²) in [6.45, 7) is 0. The van der Waals surface area contributed by atoms with Gasteiger partial charge in [-0.1, -0.05) is 0 Å². The highest BCUT2D eigenvalue weighted by Crippen LogP contribution is 2.27. The van der Waals surface area contributed by atoms with E-state index in [1.54, 1.807) is 6.07 Å². The number of hydrogen-bond acceptors (Lipinski definition) is 5. The molecule has 2 aromatic rings. The second kappa shape index (κ2) is 4.73. The van der Waals surface area contributed by atoms with Crippen molar-refractivity contribution in [1.82, 2.24) is 9.78 Å². The van der Waals surface area contributed by atoms with E-state index in [2.05, 4.69) is 9.84 Å². The summed E-state index contributed by atoms with van der Waals surface area (Å²) in [6, 6.07) is 3.08. The predicted octanol–water partition coefficient (Wildman–Crippen LogP) is 0.327. The van der Waals surface area contributed by atoms with Crippen molar-refractivity contribution in [3.63, 3.8) is 0 Å². The monoisotopic (exact) mass is 281 g/mol. The fourth-order valence-corrected chi connectivity index (χ4v) is 2.53. The molecule has 0 fully saturated rings. The summed E-state index contributed by atoms with van der Waals surface area (Å²) in [5, 5.41) is 2.62. The number of thiophene rings is 1. The van der Waals surface area contributed by atoms with Crippen molar-refractivity contribution in [3.8, 4) is 10.4 Å². The summed E-state index contributed by atoms with van der Waals surface area (Å²) < 4.78 is 5.78. The number of methoxy groups -OCH3 is 1. The minimum absolute atomic E-state index is 0.0490. The highest BCUT2D eigenvalue weighted by atomic mass is 32.1. The lowest BCUT2D eigenvalue weighted by Gasteiger charge is -1.97. The van der Waals surface area contributed by atoms with E-state index in [1.165, 1.54) is 24.9 Å². The molecular formula is C11H11N3O4S. The molecule has 0 radical (unpaired) electrons. The molecule has 0 atom stereocenters. The maximum Gasteiger partial charge on any atom is 0.356 e. The molecule has 3 N–H and O–H groups in total. The number of nitrogens with two attached hydrogens (primary N) is 1. The first-order valence-corrected chi connectivity index (χ1v) is 6.04. The number of aromatic amines is 1. The van der Waals surface area contributed by atoms with Crippen LogP contribution in [-0.2, 0) is 11.8 Å². The van der Waals surface area contributed by atoms with Crippen LogP contribution in [0.2, 0.25) is 0 Å². The summed E-state index contributed by atoms with van der Waals surface area (Å²) >= 11 is 1.05. The van der Waals surface area contributed by atoms with E-state index in [4.69, 9.17) is 5.73 Å². The Hall–Kier alpha value is -2.35. The van der Waals surface area contributed by atoms with Crippen LogP contribution in [0.15, 0.2) is 16.9 Å². The number of carbonyl (C=O) groups excluding carboxylic acids is 2. The van der Waals surface area contributed by atoms with Crippen molar-refractivity contribution in [2.45, 2.75) is 0 Å². The van der Waals surface area contributed by atoms with Crippen LogP contribution in [0.1, 0.15) is 20.2 Å². The van der Waals surface area contributed by atoms with Crippen LogP contribution in [0.5, 0.6) is 0 Å². The van der Waals surface area contributed by atoms with Gasteiger partial charge in [0, 0.05) is 11.9 Å². The van der Waals surface area contributed by atoms with Crippen LogP contribution < -0.4 is 11.3 Å². The zero-order valence-corrected chi connectivity index (χ0v) is 11.0. The van der Waals surface area contributed by atoms with Crippen LogP contribution in [0.3, 0.4) is 0 Å². The van der Waals surface area contributed by atoms with Gasteiger partial charge in [-0.3, -0.25) is 19.4 Å². The van der Waals surface area contributed by atoms with Crippen LogP contribution in [0, 0.1) is 0 Å². The number of hydrogen-bond donors (Lipinski definition) is 2. The Kier molecular flexibility index (Phi) is 3.26. The first-order chi connectivity index (χ1) is 8.95. The van der Waals surface area contributed by atoms with E-state index in [0.29, 0.717) is 9.75 Å². The van der Waals surface area contributed by atoms with Gasteiger partial charge >= 0.3 is 5.97 Å². The minimum atomic E-state index is -0.651. The fourth-order valence-electron chi connectivity index (χ4n) is 1.63. The second-order valence-electron chi connectivity index (χ2n) is 3.75. The Balaban J connectivity index is 2.63. The molecule has 0 saturated heterocycles. The first kappa shape index (κ1) is 13.1. The van der Waals surface area contributed by atoms with Gasteiger partial charge in [0.2, 0.25) is 0 Å². The average Bonchev–Trinajstić information content (AvgIpc) is 2.95. The van der Waals surface area contributed by atoms with Crippen molar-refractivity contribution < 1.29 is 14.3 Å². The summed E-state index contributed by atoms with van der Waals surface area (Å²) in [7, 11) is 2.71. The quantitative estimate of drug-likeness (QED) is 0.790. The van der Waals surface area contributed by atoms with E-state index < -0.39 is 11.9 Å². The summed E-state index contributed by atoms with van der Waals surface area (Å²) in [4.78, 5) is 35.5. The molecule has 19 heavy (non-hydrogen) atoms. The number of aromatic nitrogens is 2. The minimum Gasteiger partial charge on any atom is -0.464 e. The molecule has 0 unspecified atom stereocenters. The van der Waals surface area contributed by atoms with Crippen molar-refractivity contribution >= 4 is 23.2 Å². The van der Waals surface area contributed by atoms with E-state index in [9.17, 15) is 14.4 Å². The molecule has 0 bridgehead atoms. The molecule has 7 nitrogen and oxygen atoms in total. The first-order valence-electron chi connectivity index (χ1n) is 5.23. The number of amides is 1. The molecule has 100 valence electrons. The SMILES string of the molecule is COC(=O)c1[nH]n(C)c(=O)c1-c1ccc(C(N)=O)s1. The molecule has 0 aromatic carbocycles. The third-order valence-electron chi connectivity index (χ3n) is 2.53. The van der Waals surface area contributed by atoms with E-state index in [1.807, 2.05) is 0 Å². The number of nitrogens with one attached hydrogen (secondary N) is 1. The standard InChI is InChI=1S/C11H11N3O4S/c1-14-10(16)7(8(13-14)11(17)18-2)5-3-4-6(19-5)9(12)15/h3-4,13H,1-2H3,(H2,12,15). The van der Waals surface area contributed by atoms with Crippen LogP contribution in [0.4, 0.5) is 0 Å². The van der Waals surface area contributed by atoms with E-state index in [-0.39, 0.29) is 16.8 Å². The van der Waals surface area contributed by atoms with Gasteiger partial charge in [-0.2, -0.15) is 0 Å². The number of rotatable bonds is 3. The number of carbonyl (C=O) groups is 2. The van der Waals surface area contributed by atoms with Crippen LogP contribution in [-0.4, -0.2) is 28.8 Å². The number of aryl methyl sites for hydroxylation is 1. The molecule has 0 aliphatic rings. The molecule has 1 amide bonds. The number of nitrogens with zero attached hydrogens (tertiary/aromatic N) is 1. The molecule has 2 aromatic heterocycles. The Morgan fingerprint density at radius 1 is 1.42 bits per heavy atom. The molecule has 0 saturated carbocycles. The van der Waals surface area contributed by atoms with Crippen molar-refractivity contribution in [3.05, 3.63) is 33.1 Å². The van der Waals surface area contributed by atoms with Gasteiger partial charge in [0.1, 0.15) is 0 Å². The van der Waals surface area contributed by atoms with Gasteiger partial charge in [0.25, 0.3) is 11.5 Å². The number of H-pyrrole nitrogens is 1. The van der Waals surface area contributed by atoms with Gasteiger partial charge in [-0.25, -0.2) is 4.79 Å². The van der Waals surface area contributed by atoms with Gasteiger partial charge in [-0.05, 0) is 12.1 Å². The Morgan fingerprint density at radius 2 is 2.11 bits per heavy atom. The van der Waals surface area contributed by atoms with E-state index >= 15 is 0 Å². The molecule has 0 spiro atoms. The maximum absolute atomic E-state index is 12.0. The Bertz CT molecular complexity index is 710. The second-order valence-corrected chi connectivity index (χ2v) is 4.83. The summed E-state index contributed by atoms with van der Waals surface area (Å²) in [6.07, 6.45) is 0. The van der Waals surface area contributed by atoms with Gasteiger partial charge in [0.05, 0.1) is 17.6 Å². The third kappa shape index (κ3) is 2.17. The lowest BCUT2D eigenvalue weighted by molar-refractivity contribution is 0.0594. The number of primary amides is 1. The van der Waals surface area contributed by atoms with Gasteiger partial charge in [-0.15, -0.1) is 11.3 Å². The summed E-state index contributed by atoms with van der Waals surface area (Å²) in [5.41, 5.74) is 5.01. The van der Waals surface area contributed by atoms with Crippen molar-refractivity contribution in [1.29, 1.82) is 0 Å². The van der Waals surface area contributed by atoms with Crippen LogP contribution in [0.25, 0.3) is 10.4 Å². The zero-order chi connectivity index (χ0) is 14.2. The Labute approximate surface area is 111 Å². The van der Waals surface area contributed by atoms with Gasteiger partial charge in [0.15, 0.2) is 5.69 Å². The van der Waals surface area contributed by atoms with Crippen LogP contribution >= 0.6 is 11.3 Å². The molecule has 2 heterocycles. The topological polar surface area (TPSA) is 107 Å². The Morgan fingerprint density at radius 3 is 2.63 bits per heavy atom. The lowest BCUT2D eigenvalue weighted by atomic mass is 10.2. The molecule has 8 heteroatoms. The highest BCUT2D eigenvalue weighted by molar-refractivity contribution is 7.17. The average molecular weight is 281 g/mol. The third-order valence-corrected chi connectivity index (χ3v) is 3.65. The molecule has 0 aliphatic heterocycles. The number of ether oxygens (including phenoxy) is 1. The maximum atomic E-state index is 12.0. The molecule has 2 rings (SSSR count). The van der Waals surface area contributed by atoms with Crippen molar-refractivity contribution in [2.24, 2.45) is 12.8 Å².